The third-order valence-corrected chi connectivity index (χ3v) is 5.60. The van der Waals surface area contributed by atoms with Gasteiger partial charge in [-0.05, 0) is 38.1 Å². The number of nitrogens with one attached hydrogen (secondary N) is 1. The normalized spacial score (nSPS) is 21.9. The second kappa shape index (κ2) is 6.57. The van der Waals surface area contributed by atoms with Gasteiger partial charge in [-0.15, -0.1) is 11.8 Å². The van der Waals surface area contributed by atoms with Crippen LogP contribution in [-0.2, 0) is 9.53 Å². The molecule has 1 aromatic carbocycles. The van der Waals surface area contributed by atoms with Gasteiger partial charge in [0.2, 0.25) is 0 Å². The van der Waals surface area contributed by atoms with Crippen LogP contribution in [0.25, 0.3) is 11.3 Å². The fourth-order valence-corrected chi connectivity index (χ4v) is 4.16. The molecule has 6 nitrogen and oxygen atoms in total. The highest BCUT2D eigenvalue weighted by atomic mass is 32.2. The minimum atomic E-state index is -0.870. The van der Waals surface area contributed by atoms with E-state index in [4.69, 9.17) is 4.42 Å². The maximum atomic E-state index is 11.5. The van der Waals surface area contributed by atoms with Crippen LogP contribution in [0.2, 0.25) is 0 Å². The maximum absolute atomic E-state index is 11.5. The average Bonchev–Trinajstić information content (AvgIpc) is 3.18. The number of carbonyl (C=O) groups excluding carboxylic acids is 1. The van der Waals surface area contributed by atoms with E-state index in [-0.39, 0.29) is 11.3 Å². The standard InChI is InChI=1S/C18H19NO5S/c1-18(2)14(16(20)21)19-15(25-18)13-9-8-12(24-13)10-4-6-11(7-5-10)17(22)23-3/h4-9,14-15,19H,1-3H3,(H,20,21). The van der Waals surface area contributed by atoms with Gasteiger partial charge in [-0.1, -0.05) is 12.1 Å². The van der Waals surface area contributed by atoms with Gasteiger partial charge in [0.05, 0.1) is 12.7 Å². The first-order valence-corrected chi connectivity index (χ1v) is 8.65. The molecular weight excluding hydrogens is 342 g/mol. The Hall–Kier alpha value is -2.25. The van der Waals surface area contributed by atoms with Crippen LogP contribution in [0, 0.1) is 0 Å². The van der Waals surface area contributed by atoms with E-state index in [0.29, 0.717) is 17.1 Å². The van der Waals surface area contributed by atoms with Gasteiger partial charge in [0.25, 0.3) is 0 Å². The number of thioether (sulfide) groups is 1. The predicted molar refractivity (Wildman–Crippen MR) is 94.5 cm³/mol. The number of furan rings is 1. The second-order valence-corrected chi connectivity index (χ2v) is 8.07. The van der Waals surface area contributed by atoms with E-state index in [1.807, 2.05) is 26.0 Å². The van der Waals surface area contributed by atoms with Gasteiger partial charge in [0.15, 0.2) is 0 Å². The lowest BCUT2D eigenvalue weighted by Crippen LogP contribution is -2.43. The third-order valence-electron chi connectivity index (χ3n) is 4.16. The zero-order valence-electron chi connectivity index (χ0n) is 14.1. The zero-order chi connectivity index (χ0) is 18.2. The number of hydrogen-bond donors (Lipinski definition) is 2. The molecule has 0 spiro atoms. The molecule has 1 aliphatic rings. The molecule has 1 fully saturated rings. The molecular formula is C18H19NO5S. The number of methoxy groups -OCH3 is 1. The Morgan fingerprint density at radius 1 is 1.20 bits per heavy atom. The second-order valence-electron chi connectivity index (χ2n) is 6.31. The van der Waals surface area contributed by atoms with Crippen LogP contribution in [0.1, 0.15) is 35.3 Å². The average molecular weight is 361 g/mol. The summed E-state index contributed by atoms with van der Waals surface area (Å²) in [6, 6.07) is 9.96. The Kier molecular flexibility index (Phi) is 4.62. The van der Waals surface area contributed by atoms with Crippen molar-refractivity contribution in [3.63, 3.8) is 0 Å². The highest BCUT2D eigenvalue weighted by molar-refractivity contribution is 8.01. The Morgan fingerprint density at radius 2 is 1.88 bits per heavy atom. The van der Waals surface area contributed by atoms with Crippen molar-refractivity contribution < 1.29 is 23.8 Å². The first-order valence-electron chi connectivity index (χ1n) is 7.77. The van der Waals surface area contributed by atoms with Crippen molar-refractivity contribution in [2.24, 2.45) is 0 Å². The van der Waals surface area contributed by atoms with Gasteiger partial charge in [-0.25, -0.2) is 4.79 Å². The van der Waals surface area contributed by atoms with Crippen molar-refractivity contribution in [2.75, 3.05) is 7.11 Å². The molecule has 2 unspecified atom stereocenters. The molecule has 0 saturated carbocycles. The minimum absolute atomic E-state index is 0.223. The lowest BCUT2D eigenvalue weighted by atomic mass is 10.0. The molecule has 1 saturated heterocycles. The number of carboxylic acid groups (broad SMARTS) is 1. The first kappa shape index (κ1) is 17.6. The molecule has 2 N–H and O–H groups in total. The molecule has 1 aromatic heterocycles. The van der Waals surface area contributed by atoms with E-state index in [2.05, 4.69) is 10.1 Å². The molecule has 0 radical (unpaired) electrons. The molecule has 7 heteroatoms. The molecule has 2 heterocycles. The van der Waals surface area contributed by atoms with Crippen LogP contribution in [0.15, 0.2) is 40.8 Å². The summed E-state index contributed by atoms with van der Waals surface area (Å²) in [4.78, 5) is 22.9. The smallest absolute Gasteiger partial charge is 0.337 e. The number of hydrogen-bond acceptors (Lipinski definition) is 6. The fraction of sp³-hybridized carbons (Fsp3) is 0.333. The van der Waals surface area contributed by atoms with E-state index in [1.54, 1.807) is 24.3 Å². The summed E-state index contributed by atoms with van der Waals surface area (Å²) < 4.78 is 10.2. The van der Waals surface area contributed by atoms with Crippen molar-refractivity contribution in [3.05, 3.63) is 47.7 Å². The number of esters is 1. The summed E-state index contributed by atoms with van der Waals surface area (Å²) in [6.45, 7) is 3.80. The van der Waals surface area contributed by atoms with Crippen molar-refractivity contribution in [1.29, 1.82) is 0 Å². The van der Waals surface area contributed by atoms with Crippen LogP contribution in [0.5, 0.6) is 0 Å². The molecule has 0 bridgehead atoms. The summed E-state index contributed by atoms with van der Waals surface area (Å²) in [6.07, 6.45) is 0. The highest BCUT2D eigenvalue weighted by Gasteiger charge is 2.46. The van der Waals surface area contributed by atoms with Crippen molar-refractivity contribution in [1.82, 2.24) is 5.32 Å². The van der Waals surface area contributed by atoms with Crippen LogP contribution >= 0.6 is 11.8 Å². The van der Waals surface area contributed by atoms with Crippen molar-refractivity contribution >= 4 is 23.7 Å². The molecule has 0 aliphatic carbocycles. The van der Waals surface area contributed by atoms with E-state index >= 15 is 0 Å². The Labute approximate surface area is 149 Å². The number of rotatable bonds is 4. The Bertz CT molecular complexity index is 796. The summed E-state index contributed by atoms with van der Waals surface area (Å²) >= 11 is 1.53. The van der Waals surface area contributed by atoms with E-state index < -0.39 is 16.8 Å². The largest absolute Gasteiger partial charge is 0.480 e. The summed E-state index contributed by atoms with van der Waals surface area (Å²) in [5.41, 5.74) is 1.30. The molecule has 1 aliphatic heterocycles. The lowest BCUT2D eigenvalue weighted by molar-refractivity contribution is -0.139. The summed E-state index contributed by atoms with van der Waals surface area (Å²) in [5.74, 6) is 0.0737. The van der Waals surface area contributed by atoms with Gasteiger partial charge < -0.3 is 14.3 Å². The Balaban J connectivity index is 1.79. The van der Waals surface area contributed by atoms with E-state index in [1.165, 1.54) is 18.9 Å². The zero-order valence-corrected chi connectivity index (χ0v) is 14.9. The van der Waals surface area contributed by atoms with Gasteiger partial charge in [-0.3, -0.25) is 10.1 Å². The number of ether oxygens (including phenoxy) is 1. The molecule has 3 rings (SSSR count). The molecule has 2 atom stereocenters. The third kappa shape index (κ3) is 3.43. The topological polar surface area (TPSA) is 88.8 Å². The maximum Gasteiger partial charge on any atom is 0.337 e. The van der Waals surface area contributed by atoms with Crippen molar-refractivity contribution in [2.45, 2.75) is 30.0 Å². The quantitative estimate of drug-likeness (QED) is 0.808. The van der Waals surface area contributed by atoms with Gasteiger partial charge >= 0.3 is 11.9 Å². The van der Waals surface area contributed by atoms with Crippen LogP contribution in [0.3, 0.4) is 0 Å². The summed E-state index contributed by atoms with van der Waals surface area (Å²) in [7, 11) is 1.34. The van der Waals surface area contributed by atoms with Gasteiger partial charge in [0, 0.05) is 10.3 Å². The number of benzene rings is 1. The minimum Gasteiger partial charge on any atom is -0.480 e. The van der Waals surface area contributed by atoms with E-state index in [9.17, 15) is 14.7 Å². The number of carbonyl (C=O) groups is 2. The van der Waals surface area contributed by atoms with Gasteiger partial charge in [-0.2, -0.15) is 0 Å². The first-order chi connectivity index (χ1) is 11.8. The van der Waals surface area contributed by atoms with Gasteiger partial charge in [0.1, 0.15) is 22.9 Å². The SMILES string of the molecule is COC(=O)c1ccc(-c2ccc(C3NC(C(=O)O)C(C)(C)S3)o2)cc1. The number of aliphatic carboxylic acids is 1. The predicted octanol–water partition coefficient (Wildman–Crippen LogP) is 3.30. The van der Waals surface area contributed by atoms with Crippen LogP contribution in [0.4, 0.5) is 0 Å². The monoisotopic (exact) mass is 361 g/mol. The lowest BCUT2D eigenvalue weighted by Gasteiger charge is -2.20. The molecule has 2 aromatic rings. The van der Waals surface area contributed by atoms with Crippen LogP contribution in [-0.4, -0.2) is 34.9 Å². The fourth-order valence-electron chi connectivity index (χ4n) is 2.80. The molecule has 132 valence electrons. The highest BCUT2D eigenvalue weighted by Crippen LogP contribution is 2.46. The van der Waals surface area contributed by atoms with Crippen LogP contribution < -0.4 is 5.32 Å². The molecule has 25 heavy (non-hydrogen) atoms. The van der Waals surface area contributed by atoms with Crippen molar-refractivity contribution in [3.8, 4) is 11.3 Å². The Morgan fingerprint density at radius 3 is 2.44 bits per heavy atom. The number of carboxylic acids is 1. The van der Waals surface area contributed by atoms with E-state index in [0.717, 1.165) is 5.56 Å². The summed E-state index contributed by atoms with van der Waals surface area (Å²) in [5, 5.41) is 12.2. The molecule has 0 amide bonds.